The Morgan fingerprint density at radius 1 is 1.82 bits per heavy atom. The summed E-state index contributed by atoms with van der Waals surface area (Å²) in [5, 5.41) is 0. The smallest absolute Gasteiger partial charge is 0.183 e. The summed E-state index contributed by atoms with van der Waals surface area (Å²) >= 11 is 1.81. The van der Waals surface area contributed by atoms with Gasteiger partial charge in [-0.3, -0.25) is 0 Å². The summed E-state index contributed by atoms with van der Waals surface area (Å²) in [6.07, 6.45) is 3.82. The molecule has 1 aromatic heterocycles. The van der Waals surface area contributed by atoms with E-state index in [1.54, 1.807) is 0 Å². The van der Waals surface area contributed by atoms with Crippen molar-refractivity contribution in [2.45, 2.75) is 12.5 Å². The lowest BCUT2D eigenvalue weighted by molar-refractivity contribution is 0.0968. The molecule has 60 valence electrons. The van der Waals surface area contributed by atoms with Crippen LogP contribution in [-0.4, -0.2) is 21.9 Å². The SMILES string of the molecule is Cc1cn(C2OCCS2)cn1. The molecule has 4 heteroatoms. The van der Waals surface area contributed by atoms with E-state index in [-0.39, 0.29) is 5.56 Å². The first-order chi connectivity index (χ1) is 5.36. The third-order valence-electron chi connectivity index (χ3n) is 1.58. The monoisotopic (exact) mass is 170 g/mol. The number of thioether (sulfide) groups is 1. The number of hydrogen-bond acceptors (Lipinski definition) is 3. The van der Waals surface area contributed by atoms with Crippen molar-refractivity contribution in [2.75, 3.05) is 12.4 Å². The van der Waals surface area contributed by atoms with Crippen LogP contribution in [0.2, 0.25) is 0 Å². The Morgan fingerprint density at radius 3 is 3.27 bits per heavy atom. The molecule has 0 spiro atoms. The quantitative estimate of drug-likeness (QED) is 0.637. The predicted molar refractivity (Wildman–Crippen MR) is 44.4 cm³/mol. The molecule has 3 nitrogen and oxygen atoms in total. The van der Waals surface area contributed by atoms with Crippen molar-refractivity contribution < 1.29 is 4.74 Å². The molecule has 1 saturated heterocycles. The van der Waals surface area contributed by atoms with Gasteiger partial charge in [-0.1, -0.05) is 0 Å². The van der Waals surface area contributed by atoms with E-state index >= 15 is 0 Å². The van der Waals surface area contributed by atoms with E-state index in [4.69, 9.17) is 4.74 Å². The zero-order valence-corrected chi connectivity index (χ0v) is 7.17. The van der Waals surface area contributed by atoms with Gasteiger partial charge < -0.3 is 9.30 Å². The van der Waals surface area contributed by atoms with Gasteiger partial charge in [0.15, 0.2) is 5.56 Å². The predicted octanol–water partition coefficient (Wildman–Crippen LogP) is 1.41. The van der Waals surface area contributed by atoms with Crippen LogP contribution < -0.4 is 0 Å². The fourth-order valence-electron chi connectivity index (χ4n) is 1.07. The van der Waals surface area contributed by atoms with Gasteiger partial charge in [-0.05, 0) is 6.92 Å². The molecule has 1 atom stereocenters. The zero-order chi connectivity index (χ0) is 7.68. The average molecular weight is 170 g/mol. The number of ether oxygens (including phenoxy) is 1. The number of rotatable bonds is 1. The standard InChI is InChI=1S/C7H10N2OS/c1-6-4-9(5-8-6)7-10-2-3-11-7/h4-5,7H,2-3H2,1H3. The summed E-state index contributed by atoms with van der Waals surface area (Å²) in [5.41, 5.74) is 1.21. The van der Waals surface area contributed by atoms with Crippen molar-refractivity contribution >= 4 is 11.8 Å². The Hall–Kier alpha value is -0.480. The van der Waals surface area contributed by atoms with Crippen molar-refractivity contribution in [3.8, 4) is 0 Å². The average Bonchev–Trinajstić information content (AvgIpc) is 2.55. The van der Waals surface area contributed by atoms with Gasteiger partial charge in [0.25, 0.3) is 0 Å². The molecule has 0 aliphatic carbocycles. The van der Waals surface area contributed by atoms with Gasteiger partial charge in [0.1, 0.15) is 0 Å². The first kappa shape index (κ1) is 7.18. The maximum absolute atomic E-state index is 5.44. The molecule has 1 fully saturated rings. The first-order valence-corrected chi connectivity index (χ1v) is 4.64. The molecule has 1 aliphatic rings. The third-order valence-corrected chi connectivity index (χ3v) is 2.65. The number of nitrogens with zero attached hydrogens (tertiary/aromatic N) is 2. The van der Waals surface area contributed by atoms with E-state index in [1.807, 2.05) is 35.8 Å². The van der Waals surface area contributed by atoms with E-state index in [0.717, 1.165) is 18.1 Å². The third kappa shape index (κ3) is 1.41. The van der Waals surface area contributed by atoms with Crippen molar-refractivity contribution in [1.82, 2.24) is 9.55 Å². The second-order valence-corrected chi connectivity index (χ2v) is 3.66. The Morgan fingerprint density at radius 2 is 2.73 bits per heavy atom. The molecule has 0 N–H and O–H groups in total. The molecular weight excluding hydrogens is 160 g/mol. The van der Waals surface area contributed by atoms with Gasteiger partial charge in [0, 0.05) is 11.9 Å². The summed E-state index contributed by atoms with van der Waals surface area (Å²) in [7, 11) is 0. The van der Waals surface area contributed by atoms with E-state index < -0.39 is 0 Å². The molecule has 2 heterocycles. The van der Waals surface area contributed by atoms with Gasteiger partial charge in [0.05, 0.1) is 18.6 Å². The highest BCUT2D eigenvalue weighted by Gasteiger charge is 2.17. The Kier molecular flexibility index (Phi) is 1.87. The topological polar surface area (TPSA) is 27.1 Å². The molecule has 1 aliphatic heterocycles. The van der Waals surface area contributed by atoms with Crippen molar-refractivity contribution in [3.63, 3.8) is 0 Å². The van der Waals surface area contributed by atoms with Gasteiger partial charge in [-0.25, -0.2) is 4.98 Å². The Bertz CT molecular complexity index is 242. The van der Waals surface area contributed by atoms with E-state index in [2.05, 4.69) is 4.98 Å². The minimum absolute atomic E-state index is 0.163. The van der Waals surface area contributed by atoms with Crippen LogP contribution >= 0.6 is 11.8 Å². The number of imidazole rings is 1. The highest BCUT2D eigenvalue weighted by molar-refractivity contribution is 7.99. The van der Waals surface area contributed by atoms with Gasteiger partial charge >= 0.3 is 0 Å². The molecule has 11 heavy (non-hydrogen) atoms. The molecule has 0 aromatic carbocycles. The lowest BCUT2D eigenvalue weighted by atomic mass is 10.6. The normalized spacial score (nSPS) is 24.3. The minimum Gasteiger partial charge on any atom is -0.348 e. The second kappa shape index (κ2) is 2.87. The molecule has 2 rings (SSSR count). The van der Waals surface area contributed by atoms with Crippen LogP contribution in [0.1, 0.15) is 11.3 Å². The second-order valence-electron chi connectivity index (χ2n) is 2.51. The minimum atomic E-state index is 0.163. The van der Waals surface area contributed by atoms with Crippen molar-refractivity contribution in [2.24, 2.45) is 0 Å². The molecule has 0 radical (unpaired) electrons. The molecule has 1 unspecified atom stereocenters. The number of hydrogen-bond donors (Lipinski definition) is 0. The first-order valence-electron chi connectivity index (χ1n) is 3.59. The van der Waals surface area contributed by atoms with Crippen LogP contribution in [0.15, 0.2) is 12.5 Å². The van der Waals surface area contributed by atoms with Crippen molar-refractivity contribution in [3.05, 3.63) is 18.2 Å². The molecule has 0 saturated carbocycles. The molecule has 0 amide bonds. The van der Waals surface area contributed by atoms with E-state index in [0.29, 0.717) is 0 Å². The summed E-state index contributed by atoms with van der Waals surface area (Å²) in [6.45, 7) is 2.84. The molecule has 1 aromatic rings. The van der Waals surface area contributed by atoms with Crippen LogP contribution in [0.4, 0.5) is 0 Å². The molecular formula is C7H10N2OS. The van der Waals surface area contributed by atoms with Gasteiger partial charge in [-0.15, -0.1) is 11.8 Å². The van der Waals surface area contributed by atoms with Gasteiger partial charge in [0.2, 0.25) is 0 Å². The maximum Gasteiger partial charge on any atom is 0.183 e. The highest BCUT2D eigenvalue weighted by atomic mass is 32.2. The summed E-state index contributed by atoms with van der Waals surface area (Å²) < 4.78 is 7.45. The largest absolute Gasteiger partial charge is 0.348 e. The fraction of sp³-hybridized carbons (Fsp3) is 0.571. The molecule has 0 bridgehead atoms. The lowest BCUT2D eigenvalue weighted by Gasteiger charge is -2.08. The Balaban J connectivity index is 2.15. The van der Waals surface area contributed by atoms with E-state index in [9.17, 15) is 0 Å². The fourth-order valence-corrected chi connectivity index (χ4v) is 1.95. The van der Waals surface area contributed by atoms with Crippen LogP contribution in [0.5, 0.6) is 0 Å². The van der Waals surface area contributed by atoms with Gasteiger partial charge in [-0.2, -0.15) is 0 Å². The van der Waals surface area contributed by atoms with Crippen LogP contribution in [-0.2, 0) is 4.74 Å². The van der Waals surface area contributed by atoms with Crippen LogP contribution in [0, 0.1) is 6.92 Å². The highest BCUT2D eigenvalue weighted by Crippen LogP contribution is 2.29. The summed E-state index contributed by atoms with van der Waals surface area (Å²) in [6, 6.07) is 0. The maximum atomic E-state index is 5.44. The summed E-state index contributed by atoms with van der Waals surface area (Å²) in [5.74, 6) is 1.09. The Labute approximate surface area is 69.8 Å². The van der Waals surface area contributed by atoms with Crippen molar-refractivity contribution in [1.29, 1.82) is 0 Å². The number of aryl methyl sites for hydroxylation is 1. The summed E-state index contributed by atoms with van der Waals surface area (Å²) in [4.78, 5) is 4.13. The zero-order valence-electron chi connectivity index (χ0n) is 6.36. The number of aromatic nitrogens is 2. The van der Waals surface area contributed by atoms with Crippen LogP contribution in [0.25, 0.3) is 0 Å². The van der Waals surface area contributed by atoms with Crippen LogP contribution in [0.3, 0.4) is 0 Å². The lowest BCUT2D eigenvalue weighted by Crippen LogP contribution is -2.00. The van der Waals surface area contributed by atoms with E-state index in [1.165, 1.54) is 0 Å².